The summed E-state index contributed by atoms with van der Waals surface area (Å²) in [5.74, 6) is -0.198. The van der Waals surface area contributed by atoms with Crippen LogP contribution in [0, 0.1) is 5.92 Å². The van der Waals surface area contributed by atoms with Gasteiger partial charge in [-0.2, -0.15) is 0 Å². The van der Waals surface area contributed by atoms with Gasteiger partial charge in [0.05, 0.1) is 0 Å². The molecule has 2 N–H and O–H groups in total. The summed E-state index contributed by atoms with van der Waals surface area (Å²) in [7, 11) is 0. The second-order valence-corrected chi connectivity index (χ2v) is 6.82. The predicted octanol–water partition coefficient (Wildman–Crippen LogP) is 4.51. The quantitative estimate of drug-likeness (QED) is 0.825. The fourth-order valence-electron chi connectivity index (χ4n) is 2.82. The molecule has 0 aromatic heterocycles. The number of rotatable bonds is 3. The van der Waals surface area contributed by atoms with Crippen molar-refractivity contribution in [1.29, 1.82) is 0 Å². The van der Waals surface area contributed by atoms with E-state index in [1.54, 1.807) is 53.4 Å². The monoisotopic (exact) mass is 377 g/mol. The molecule has 0 spiro atoms. The Bertz CT molecular complexity index is 778. The van der Waals surface area contributed by atoms with E-state index in [0.717, 1.165) is 0 Å². The zero-order valence-electron chi connectivity index (χ0n) is 13.5. The molecule has 3 amide bonds. The second-order valence-electron chi connectivity index (χ2n) is 5.94. The van der Waals surface area contributed by atoms with Gasteiger partial charge in [-0.25, -0.2) is 4.79 Å². The Hall–Kier alpha value is -2.24. The molecule has 5 nitrogen and oxygen atoms in total. The third-order valence-corrected chi connectivity index (χ3v) is 4.56. The van der Waals surface area contributed by atoms with Gasteiger partial charge in [-0.3, -0.25) is 9.69 Å². The van der Waals surface area contributed by atoms with Crippen molar-refractivity contribution >= 4 is 46.5 Å². The van der Waals surface area contributed by atoms with Gasteiger partial charge in [0.1, 0.15) is 6.17 Å². The van der Waals surface area contributed by atoms with Crippen LogP contribution in [0.1, 0.15) is 13.3 Å². The van der Waals surface area contributed by atoms with Gasteiger partial charge >= 0.3 is 6.03 Å². The number of carbonyl (C=O) groups excluding carboxylic acids is 2. The Kier molecular flexibility index (Phi) is 5.16. The predicted molar refractivity (Wildman–Crippen MR) is 100 cm³/mol. The number of benzene rings is 2. The average molecular weight is 378 g/mol. The van der Waals surface area contributed by atoms with Crippen molar-refractivity contribution < 1.29 is 9.59 Å². The van der Waals surface area contributed by atoms with Crippen molar-refractivity contribution in [3.05, 3.63) is 58.6 Å². The van der Waals surface area contributed by atoms with Gasteiger partial charge in [0.2, 0.25) is 5.91 Å². The molecule has 3 rings (SSSR count). The molecule has 25 heavy (non-hydrogen) atoms. The molecule has 0 aliphatic carbocycles. The lowest BCUT2D eigenvalue weighted by molar-refractivity contribution is -0.120. The SMILES string of the molecule is C[C@@H]1C[C@@H](NC(=O)Nc2ccc(Cl)cc2)N(c2ccc(Cl)cc2)C1=O. The molecule has 1 saturated heterocycles. The molecule has 1 aliphatic heterocycles. The lowest BCUT2D eigenvalue weighted by Crippen LogP contribution is -2.47. The maximum absolute atomic E-state index is 12.5. The van der Waals surface area contributed by atoms with Gasteiger partial charge in [0.25, 0.3) is 0 Å². The van der Waals surface area contributed by atoms with Crippen molar-refractivity contribution in [2.24, 2.45) is 5.92 Å². The van der Waals surface area contributed by atoms with E-state index in [9.17, 15) is 9.59 Å². The largest absolute Gasteiger partial charge is 0.320 e. The first-order valence-electron chi connectivity index (χ1n) is 7.86. The van der Waals surface area contributed by atoms with E-state index in [1.807, 2.05) is 6.92 Å². The Balaban J connectivity index is 1.72. The average Bonchev–Trinajstić information content (AvgIpc) is 2.85. The van der Waals surface area contributed by atoms with Gasteiger partial charge in [0.15, 0.2) is 0 Å². The van der Waals surface area contributed by atoms with Crippen LogP contribution in [0.5, 0.6) is 0 Å². The highest BCUT2D eigenvalue weighted by molar-refractivity contribution is 6.31. The number of urea groups is 1. The number of anilines is 2. The first-order valence-corrected chi connectivity index (χ1v) is 8.61. The highest BCUT2D eigenvalue weighted by Gasteiger charge is 2.38. The number of nitrogens with zero attached hydrogens (tertiary/aromatic N) is 1. The Labute approximate surface area is 155 Å². The van der Waals surface area contributed by atoms with Crippen LogP contribution < -0.4 is 15.5 Å². The molecule has 1 heterocycles. The van der Waals surface area contributed by atoms with Crippen LogP contribution in [0.4, 0.5) is 16.2 Å². The first kappa shape index (κ1) is 17.6. The zero-order chi connectivity index (χ0) is 18.0. The smallest absolute Gasteiger partial charge is 0.317 e. The second kappa shape index (κ2) is 7.33. The van der Waals surface area contributed by atoms with Crippen LogP contribution in [0.2, 0.25) is 10.0 Å². The molecule has 0 bridgehead atoms. The van der Waals surface area contributed by atoms with E-state index in [2.05, 4.69) is 10.6 Å². The highest BCUT2D eigenvalue weighted by atomic mass is 35.5. The molecular formula is C18H17Cl2N3O2. The van der Waals surface area contributed by atoms with Crippen LogP contribution >= 0.6 is 23.2 Å². The minimum atomic E-state index is -0.420. The first-order chi connectivity index (χ1) is 11.9. The Morgan fingerprint density at radius 3 is 2.20 bits per heavy atom. The van der Waals surface area contributed by atoms with Crippen LogP contribution in [0.15, 0.2) is 48.5 Å². The molecule has 1 fully saturated rings. The molecule has 7 heteroatoms. The molecule has 0 radical (unpaired) electrons. The van der Waals surface area contributed by atoms with Crippen LogP contribution in [0.25, 0.3) is 0 Å². The summed E-state index contributed by atoms with van der Waals surface area (Å²) >= 11 is 11.7. The topological polar surface area (TPSA) is 61.4 Å². The zero-order valence-corrected chi connectivity index (χ0v) is 15.0. The summed E-state index contributed by atoms with van der Waals surface area (Å²) in [4.78, 5) is 26.4. The van der Waals surface area contributed by atoms with Crippen molar-refractivity contribution in [3.8, 4) is 0 Å². The van der Waals surface area contributed by atoms with Crippen LogP contribution in [-0.2, 0) is 4.79 Å². The molecule has 2 aromatic carbocycles. The molecule has 2 aromatic rings. The maximum Gasteiger partial charge on any atom is 0.320 e. The van der Waals surface area contributed by atoms with E-state index in [1.165, 1.54) is 0 Å². The summed E-state index contributed by atoms with van der Waals surface area (Å²) in [5.41, 5.74) is 1.33. The van der Waals surface area contributed by atoms with Gasteiger partial charge < -0.3 is 10.6 Å². The fraction of sp³-hybridized carbons (Fsp3) is 0.222. The number of carbonyl (C=O) groups is 2. The van der Waals surface area contributed by atoms with Gasteiger partial charge in [-0.05, 0) is 55.0 Å². The molecule has 0 unspecified atom stereocenters. The number of nitrogens with one attached hydrogen (secondary N) is 2. The number of hydrogen-bond donors (Lipinski definition) is 2. The summed E-state index contributed by atoms with van der Waals surface area (Å²) < 4.78 is 0. The van der Waals surface area contributed by atoms with Crippen molar-refractivity contribution in [2.75, 3.05) is 10.2 Å². The summed E-state index contributed by atoms with van der Waals surface area (Å²) in [5, 5.41) is 6.78. The summed E-state index contributed by atoms with van der Waals surface area (Å²) in [6.45, 7) is 1.85. The van der Waals surface area contributed by atoms with Crippen molar-refractivity contribution in [2.45, 2.75) is 19.5 Å². The summed E-state index contributed by atoms with van der Waals surface area (Å²) in [6, 6.07) is 13.4. The van der Waals surface area contributed by atoms with E-state index in [-0.39, 0.29) is 17.9 Å². The lowest BCUT2D eigenvalue weighted by atomic mass is 10.1. The number of halogens is 2. The third-order valence-electron chi connectivity index (χ3n) is 4.05. The third kappa shape index (κ3) is 4.06. The standard InChI is InChI=1S/C18H17Cl2N3O2/c1-11-10-16(22-18(25)21-14-6-2-12(19)3-7-14)23(17(11)24)15-8-4-13(20)5-9-15/h2-9,11,16H,10H2,1H3,(H2,21,22,25)/t11-,16+/m1/s1. The van der Waals surface area contributed by atoms with Crippen LogP contribution in [-0.4, -0.2) is 18.1 Å². The highest BCUT2D eigenvalue weighted by Crippen LogP contribution is 2.30. The molecular weight excluding hydrogens is 361 g/mol. The molecule has 130 valence electrons. The van der Waals surface area contributed by atoms with Crippen LogP contribution in [0.3, 0.4) is 0 Å². The van der Waals surface area contributed by atoms with Crippen molar-refractivity contribution in [3.63, 3.8) is 0 Å². The van der Waals surface area contributed by atoms with E-state index < -0.39 is 6.17 Å². The molecule has 0 saturated carbocycles. The van der Waals surface area contributed by atoms with E-state index in [0.29, 0.717) is 27.8 Å². The minimum Gasteiger partial charge on any atom is -0.317 e. The Morgan fingerprint density at radius 2 is 1.60 bits per heavy atom. The lowest BCUT2D eigenvalue weighted by Gasteiger charge is -2.25. The van der Waals surface area contributed by atoms with Gasteiger partial charge in [-0.15, -0.1) is 0 Å². The Morgan fingerprint density at radius 1 is 1.04 bits per heavy atom. The molecule has 2 atom stereocenters. The summed E-state index contributed by atoms with van der Waals surface area (Å²) in [6.07, 6.45) is 0.117. The normalized spacial score (nSPS) is 19.8. The van der Waals surface area contributed by atoms with E-state index >= 15 is 0 Å². The van der Waals surface area contributed by atoms with E-state index in [4.69, 9.17) is 23.2 Å². The van der Waals surface area contributed by atoms with Crippen molar-refractivity contribution in [1.82, 2.24) is 5.32 Å². The molecule has 1 aliphatic rings. The van der Waals surface area contributed by atoms with Gasteiger partial charge in [-0.1, -0.05) is 30.1 Å². The maximum atomic E-state index is 12.5. The number of hydrogen-bond acceptors (Lipinski definition) is 2. The number of amides is 3. The fourth-order valence-corrected chi connectivity index (χ4v) is 3.07. The van der Waals surface area contributed by atoms with Gasteiger partial charge in [0, 0.05) is 27.3 Å². The minimum absolute atomic E-state index is 0.0286.